The van der Waals surface area contributed by atoms with E-state index in [1.54, 1.807) is 0 Å². The molecule has 2 N–H and O–H groups in total. The van der Waals surface area contributed by atoms with Crippen molar-refractivity contribution in [2.45, 2.75) is 49.8 Å². The van der Waals surface area contributed by atoms with Crippen LogP contribution in [0.4, 0.5) is 0 Å². The summed E-state index contributed by atoms with van der Waals surface area (Å²) in [6.45, 7) is 6.60. The Labute approximate surface area is 97.4 Å². The van der Waals surface area contributed by atoms with Crippen LogP contribution < -0.4 is 5.73 Å². The molecule has 1 aromatic carbocycles. The van der Waals surface area contributed by atoms with E-state index in [9.17, 15) is 0 Å². The highest BCUT2D eigenvalue weighted by molar-refractivity contribution is 7.99. The van der Waals surface area contributed by atoms with E-state index in [1.807, 2.05) is 11.8 Å². The van der Waals surface area contributed by atoms with Crippen LogP contribution in [0.3, 0.4) is 0 Å². The van der Waals surface area contributed by atoms with E-state index in [1.165, 1.54) is 16.9 Å². The average Bonchev–Trinajstić information content (AvgIpc) is 2.29. The van der Waals surface area contributed by atoms with E-state index in [0.29, 0.717) is 5.25 Å². The van der Waals surface area contributed by atoms with Gasteiger partial charge in [-0.15, -0.1) is 11.8 Å². The van der Waals surface area contributed by atoms with Gasteiger partial charge < -0.3 is 5.73 Å². The topological polar surface area (TPSA) is 26.0 Å². The largest absolute Gasteiger partial charge is 0.324 e. The van der Waals surface area contributed by atoms with Crippen molar-refractivity contribution < 1.29 is 0 Å². The molecule has 2 heteroatoms. The Balaban J connectivity index is 2.64. The lowest BCUT2D eigenvalue weighted by Gasteiger charge is -2.11. The third-order valence-electron chi connectivity index (χ3n) is 2.66. The van der Waals surface area contributed by atoms with Crippen molar-refractivity contribution >= 4 is 11.8 Å². The highest BCUT2D eigenvalue weighted by Gasteiger charge is 2.04. The van der Waals surface area contributed by atoms with Crippen LogP contribution >= 0.6 is 11.8 Å². The molecule has 0 bridgehead atoms. The summed E-state index contributed by atoms with van der Waals surface area (Å²) < 4.78 is 0. The van der Waals surface area contributed by atoms with Crippen LogP contribution in [0.25, 0.3) is 0 Å². The molecule has 2 atom stereocenters. The molecule has 84 valence electrons. The second-order valence-electron chi connectivity index (χ2n) is 3.92. The summed E-state index contributed by atoms with van der Waals surface area (Å²) in [5.41, 5.74) is 7.21. The van der Waals surface area contributed by atoms with Gasteiger partial charge in [-0.2, -0.15) is 0 Å². The first kappa shape index (κ1) is 12.6. The van der Waals surface area contributed by atoms with Gasteiger partial charge in [0.05, 0.1) is 0 Å². The molecule has 0 saturated heterocycles. The van der Waals surface area contributed by atoms with Crippen molar-refractivity contribution in [3.05, 3.63) is 29.8 Å². The Morgan fingerprint density at radius 1 is 1.13 bits per heavy atom. The highest BCUT2D eigenvalue weighted by Crippen LogP contribution is 2.26. The van der Waals surface area contributed by atoms with Crippen LogP contribution in [-0.2, 0) is 0 Å². The van der Waals surface area contributed by atoms with E-state index in [0.717, 1.165) is 6.42 Å². The molecular formula is C13H21NS. The zero-order valence-electron chi connectivity index (χ0n) is 9.86. The van der Waals surface area contributed by atoms with Gasteiger partial charge in [0.25, 0.3) is 0 Å². The minimum absolute atomic E-state index is 0.188. The molecule has 0 aromatic heterocycles. The highest BCUT2D eigenvalue weighted by atomic mass is 32.2. The maximum absolute atomic E-state index is 5.96. The van der Waals surface area contributed by atoms with Gasteiger partial charge >= 0.3 is 0 Å². The fourth-order valence-corrected chi connectivity index (χ4v) is 2.27. The number of benzene rings is 1. The summed E-state index contributed by atoms with van der Waals surface area (Å²) in [5, 5.41) is 0.690. The van der Waals surface area contributed by atoms with Gasteiger partial charge in [0.1, 0.15) is 0 Å². The number of thioether (sulfide) groups is 1. The summed E-state index contributed by atoms with van der Waals surface area (Å²) >= 11 is 1.93. The van der Waals surface area contributed by atoms with Gasteiger partial charge in [-0.3, -0.25) is 0 Å². The lowest BCUT2D eigenvalue weighted by molar-refractivity contribution is 0.698. The molecule has 1 nitrogen and oxygen atoms in total. The lowest BCUT2D eigenvalue weighted by atomic mass is 10.1. The molecule has 1 rings (SSSR count). The first-order chi connectivity index (χ1) is 7.17. The van der Waals surface area contributed by atoms with Crippen molar-refractivity contribution in [2.75, 3.05) is 0 Å². The van der Waals surface area contributed by atoms with Crippen LogP contribution in [0.1, 0.15) is 45.2 Å². The first-order valence-corrected chi connectivity index (χ1v) is 6.57. The summed E-state index contributed by atoms with van der Waals surface area (Å²) in [7, 11) is 0. The molecule has 0 amide bonds. The number of hydrogen-bond donors (Lipinski definition) is 1. The van der Waals surface area contributed by atoms with E-state index in [4.69, 9.17) is 5.73 Å². The maximum Gasteiger partial charge on any atom is 0.0292 e. The van der Waals surface area contributed by atoms with Crippen LogP contribution in [0.15, 0.2) is 29.2 Å². The van der Waals surface area contributed by atoms with E-state index in [-0.39, 0.29) is 6.04 Å². The number of hydrogen-bond acceptors (Lipinski definition) is 2. The molecule has 0 fully saturated rings. The monoisotopic (exact) mass is 223 g/mol. The Kier molecular flexibility index (Phi) is 5.20. The SMILES string of the molecule is CCC(C)Sc1ccc([C@@H](N)CC)cc1. The molecule has 0 heterocycles. The van der Waals surface area contributed by atoms with Crippen LogP contribution in [0.2, 0.25) is 0 Å². The van der Waals surface area contributed by atoms with Crippen LogP contribution in [0.5, 0.6) is 0 Å². The van der Waals surface area contributed by atoms with Gasteiger partial charge in [0.15, 0.2) is 0 Å². The van der Waals surface area contributed by atoms with Crippen molar-refractivity contribution in [1.29, 1.82) is 0 Å². The maximum atomic E-state index is 5.96. The third-order valence-corrected chi connectivity index (χ3v) is 3.94. The van der Waals surface area contributed by atoms with Gasteiger partial charge in [-0.05, 0) is 30.5 Å². The molecule has 0 spiro atoms. The molecule has 1 unspecified atom stereocenters. The van der Waals surface area contributed by atoms with Crippen molar-refractivity contribution in [1.82, 2.24) is 0 Å². The first-order valence-electron chi connectivity index (χ1n) is 5.69. The fourth-order valence-electron chi connectivity index (χ4n) is 1.34. The van der Waals surface area contributed by atoms with Crippen molar-refractivity contribution in [3.63, 3.8) is 0 Å². The second-order valence-corrected chi connectivity index (χ2v) is 5.43. The van der Waals surface area contributed by atoms with Gasteiger partial charge in [-0.25, -0.2) is 0 Å². The second kappa shape index (κ2) is 6.19. The molecule has 15 heavy (non-hydrogen) atoms. The quantitative estimate of drug-likeness (QED) is 0.764. The van der Waals surface area contributed by atoms with Crippen LogP contribution in [-0.4, -0.2) is 5.25 Å². The molecule has 0 aliphatic heterocycles. The average molecular weight is 223 g/mol. The lowest BCUT2D eigenvalue weighted by Crippen LogP contribution is -2.08. The molecule has 1 aromatic rings. The third kappa shape index (κ3) is 3.88. The molecular weight excluding hydrogens is 202 g/mol. The molecule has 0 aliphatic carbocycles. The normalized spacial score (nSPS) is 14.9. The van der Waals surface area contributed by atoms with Crippen LogP contribution in [0, 0.1) is 0 Å². The fraction of sp³-hybridized carbons (Fsp3) is 0.538. The van der Waals surface area contributed by atoms with Gasteiger partial charge in [0.2, 0.25) is 0 Å². The minimum Gasteiger partial charge on any atom is -0.324 e. The standard InChI is InChI=1S/C13H21NS/c1-4-10(3)15-12-8-6-11(7-9-12)13(14)5-2/h6-10,13H,4-5,14H2,1-3H3/t10?,13-/m0/s1. The van der Waals surface area contributed by atoms with Gasteiger partial charge in [-0.1, -0.05) is 32.9 Å². The Hall–Kier alpha value is -0.470. The van der Waals surface area contributed by atoms with E-state index < -0.39 is 0 Å². The Bertz CT molecular complexity index is 281. The van der Waals surface area contributed by atoms with E-state index in [2.05, 4.69) is 45.0 Å². The Morgan fingerprint density at radius 3 is 2.20 bits per heavy atom. The zero-order valence-corrected chi connectivity index (χ0v) is 10.7. The number of nitrogens with two attached hydrogens (primary N) is 1. The molecule has 0 radical (unpaired) electrons. The minimum atomic E-state index is 0.188. The summed E-state index contributed by atoms with van der Waals surface area (Å²) in [5.74, 6) is 0. The Morgan fingerprint density at radius 2 is 1.73 bits per heavy atom. The van der Waals surface area contributed by atoms with Crippen molar-refractivity contribution in [2.24, 2.45) is 5.73 Å². The molecule has 0 saturated carbocycles. The predicted octanol–water partition coefficient (Wildman–Crippen LogP) is 3.99. The zero-order chi connectivity index (χ0) is 11.3. The van der Waals surface area contributed by atoms with Gasteiger partial charge in [0, 0.05) is 16.2 Å². The predicted molar refractivity (Wildman–Crippen MR) is 69.3 cm³/mol. The molecule has 0 aliphatic rings. The smallest absolute Gasteiger partial charge is 0.0292 e. The summed E-state index contributed by atoms with van der Waals surface area (Å²) in [4.78, 5) is 1.34. The van der Waals surface area contributed by atoms with E-state index >= 15 is 0 Å². The number of rotatable bonds is 5. The summed E-state index contributed by atoms with van der Waals surface area (Å²) in [6.07, 6.45) is 2.21. The van der Waals surface area contributed by atoms with Crippen molar-refractivity contribution in [3.8, 4) is 0 Å². The summed E-state index contributed by atoms with van der Waals surface area (Å²) in [6, 6.07) is 8.86.